The lowest BCUT2D eigenvalue weighted by Crippen LogP contribution is -2.30. The molecule has 1 atom stereocenters. The number of rotatable bonds is 5. The van der Waals surface area contributed by atoms with Gasteiger partial charge >= 0.3 is 0 Å². The molecule has 0 saturated heterocycles. The van der Waals surface area contributed by atoms with Crippen LogP contribution in [0, 0.1) is 11.6 Å². The third kappa shape index (κ3) is 4.52. The number of carbonyl (C=O) groups excluding carboxylic acids is 1. The Morgan fingerprint density at radius 2 is 1.70 bits per heavy atom. The number of carbonyl (C=O) groups is 1. The zero-order valence-electron chi connectivity index (χ0n) is 13.3. The van der Waals surface area contributed by atoms with E-state index in [1.807, 2.05) is 12.1 Å². The van der Waals surface area contributed by atoms with Crippen molar-refractivity contribution in [3.63, 3.8) is 0 Å². The molecule has 2 aromatic rings. The number of halogens is 2. The average molecular weight is 319 g/mol. The van der Waals surface area contributed by atoms with E-state index in [1.54, 1.807) is 12.1 Å². The highest BCUT2D eigenvalue weighted by atomic mass is 19.1. The molecule has 0 spiro atoms. The average Bonchev–Trinajstić information content (AvgIpc) is 2.50. The normalized spacial score (nSPS) is 12.1. The fraction of sp³-hybridized carbons (Fsp3) is 0.278. The minimum Gasteiger partial charge on any atom is -0.478 e. The van der Waals surface area contributed by atoms with Gasteiger partial charge in [-0.05, 0) is 42.7 Å². The molecule has 0 heterocycles. The van der Waals surface area contributed by atoms with Gasteiger partial charge in [-0.3, -0.25) is 4.79 Å². The summed E-state index contributed by atoms with van der Waals surface area (Å²) in [5.74, 6) is -1.71. The van der Waals surface area contributed by atoms with Crippen LogP contribution in [0.25, 0.3) is 0 Å². The number of nitrogens with one attached hydrogen (secondary N) is 1. The fourth-order valence-electron chi connectivity index (χ4n) is 2.01. The van der Waals surface area contributed by atoms with Crippen molar-refractivity contribution in [3.8, 4) is 5.75 Å². The molecule has 0 aromatic heterocycles. The van der Waals surface area contributed by atoms with Gasteiger partial charge in [-0.1, -0.05) is 26.0 Å². The van der Waals surface area contributed by atoms with E-state index < -0.39 is 23.6 Å². The molecule has 0 aliphatic rings. The van der Waals surface area contributed by atoms with Crippen molar-refractivity contribution < 1.29 is 18.3 Å². The van der Waals surface area contributed by atoms with E-state index in [0.29, 0.717) is 17.7 Å². The highest BCUT2D eigenvalue weighted by Crippen LogP contribution is 2.20. The molecule has 0 fully saturated rings. The second-order valence-electron chi connectivity index (χ2n) is 5.60. The zero-order valence-corrected chi connectivity index (χ0v) is 13.3. The smallest absolute Gasteiger partial charge is 0.265 e. The molecular formula is C18H19F2NO2. The van der Waals surface area contributed by atoms with Gasteiger partial charge in [0, 0.05) is 11.8 Å². The van der Waals surface area contributed by atoms with Gasteiger partial charge in [-0.15, -0.1) is 0 Å². The maximum Gasteiger partial charge on any atom is 0.265 e. The molecule has 1 unspecified atom stereocenters. The Hall–Kier alpha value is -2.43. The van der Waals surface area contributed by atoms with Crippen molar-refractivity contribution in [2.75, 3.05) is 5.32 Å². The molecule has 0 radical (unpaired) electrons. The first kappa shape index (κ1) is 16.9. The Balaban J connectivity index is 1.99. The molecule has 0 aliphatic carbocycles. The van der Waals surface area contributed by atoms with E-state index in [1.165, 1.54) is 12.5 Å². The Morgan fingerprint density at radius 3 is 2.26 bits per heavy atom. The van der Waals surface area contributed by atoms with Crippen LogP contribution in [-0.2, 0) is 4.79 Å². The van der Waals surface area contributed by atoms with E-state index in [2.05, 4.69) is 19.2 Å². The van der Waals surface area contributed by atoms with Gasteiger partial charge in [0.1, 0.15) is 5.82 Å². The molecular weight excluding hydrogens is 300 g/mol. The summed E-state index contributed by atoms with van der Waals surface area (Å²) >= 11 is 0. The molecule has 1 N–H and O–H groups in total. The molecule has 0 aliphatic heterocycles. The largest absolute Gasteiger partial charge is 0.478 e. The van der Waals surface area contributed by atoms with Crippen LogP contribution >= 0.6 is 0 Å². The van der Waals surface area contributed by atoms with Gasteiger partial charge in [0.25, 0.3) is 5.91 Å². The summed E-state index contributed by atoms with van der Waals surface area (Å²) in [4.78, 5) is 12.1. The van der Waals surface area contributed by atoms with Crippen molar-refractivity contribution in [1.29, 1.82) is 0 Å². The summed E-state index contributed by atoms with van der Waals surface area (Å²) in [5, 5.41) is 2.70. The molecule has 2 aromatic carbocycles. The third-order valence-corrected chi connectivity index (χ3v) is 3.41. The maximum atomic E-state index is 13.5. The van der Waals surface area contributed by atoms with Crippen molar-refractivity contribution in [2.45, 2.75) is 32.8 Å². The molecule has 2 rings (SSSR count). The number of amides is 1. The first-order valence-corrected chi connectivity index (χ1v) is 7.39. The SMILES string of the molecule is CC(Oc1ccc(F)cc1F)C(=O)Nc1ccc(C(C)C)cc1. The van der Waals surface area contributed by atoms with Gasteiger partial charge in [0.05, 0.1) is 0 Å². The van der Waals surface area contributed by atoms with Crippen LogP contribution < -0.4 is 10.1 Å². The predicted octanol–water partition coefficient (Wildman–Crippen LogP) is 4.49. The van der Waals surface area contributed by atoms with Gasteiger partial charge in [0.2, 0.25) is 0 Å². The minimum atomic E-state index is -0.917. The van der Waals surface area contributed by atoms with Crippen LogP contribution in [0.15, 0.2) is 42.5 Å². The molecule has 3 nitrogen and oxygen atoms in total. The summed E-state index contributed by atoms with van der Waals surface area (Å²) < 4.78 is 31.6. The van der Waals surface area contributed by atoms with E-state index in [9.17, 15) is 13.6 Å². The summed E-state index contributed by atoms with van der Waals surface area (Å²) in [5.41, 5.74) is 1.80. The first-order valence-electron chi connectivity index (χ1n) is 7.39. The van der Waals surface area contributed by atoms with Crippen LogP contribution in [0.3, 0.4) is 0 Å². The van der Waals surface area contributed by atoms with Crippen molar-refractivity contribution in [1.82, 2.24) is 0 Å². The van der Waals surface area contributed by atoms with Crippen LogP contribution in [0.2, 0.25) is 0 Å². The second-order valence-corrected chi connectivity index (χ2v) is 5.60. The minimum absolute atomic E-state index is 0.163. The number of anilines is 1. The Morgan fingerprint density at radius 1 is 1.04 bits per heavy atom. The molecule has 5 heteroatoms. The maximum absolute atomic E-state index is 13.5. The van der Waals surface area contributed by atoms with Gasteiger partial charge < -0.3 is 10.1 Å². The first-order chi connectivity index (χ1) is 10.9. The van der Waals surface area contributed by atoms with E-state index in [0.717, 1.165) is 12.1 Å². The quantitative estimate of drug-likeness (QED) is 0.881. The highest BCUT2D eigenvalue weighted by molar-refractivity contribution is 5.94. The number of hydrogen-bond donors (Lipinski definition) is 1. The summed E-state index contributed by atoms with van der Waals surface area (Å²) in [6.07, 6.45) is -0.917. The molecule has 1 amide bonds. The van der Waals surface area contributed by atoms with Crippen LogP contribution in [0.4, 0.5) is 14.5 Å². The van der Waals surface area contributed by atoms with Crippen molar-refractivity contribution in [3.05, 3.63) is 59.7 Å². The predicted molar refractivity (Wildman–Crippen MR) is 85.6 cm³/mol. The molecule has 122 valence electrons. The lowest BCUT2D eigenvalue weighted by Gasteiger charge is -2.15. The Bertz CT molecular complexity index is 684. The van der Waals surface area contributed by atoms with Crippen molar-refractivity contribution in [2.24, 2.45) is 0 Å². The van der Waals surface area contributed by atoms with Gasteiger partial charge in [-0.25, -0.2) is 8.78 Å². The fourth-order valence-corrected chi connectivity index (χ4v) is 2.01. The van der Waals surface area contributed by atoms with Crippen LogP contribution in [0.1, 0.15) is 32.3 Å². The Labute approximate surface area is 134 Å². The van der Waals surface area contributed by atoms with E-state index in [4.69, 9.17) is 4.74 Å². The lowest BCUT2D eigenvalue weighted by atomic mass is 10.0. The Kier molecular flexibility index (Phi) is 5.32. The van der Waals surface area contributed by atoms with Crippen LogP contribution in [-0.4, -0.2) is 12.0 Å². The number of ether oxygens (including phenoxy) is 1. The highest BCUT2D eigenvalue weighted by Gasteiger charge is 2.17. The number of benzene rings is 2. The zero-order chi connectivity index (χ0) is 17.0. The topological polar surface area (TPSA) is 38.3 Å². The molecule has 0 bridgehead atoms. The van der Waals surface area contributed by atoms with Gasteiger partial charge in [0.15, 0.2) is 17.7 Å². The van der Waals surface area contributed by atoms with E-state index >= 15 is 0 Å². The standard InChI is InChI=1S/C18H19F2NO2/c1-11(2)13-4-7-15(8-5-13)21-18(22)12(3)23-17-9-6-14(19)10-16(17)20/h4-12H,1-3H3,(H,21,22). The van der Waals surface area contributed by atoms with Crippen molar-refractivity contribution >= 4 is 11.6 Å². The number of hydrogen-bond acceptors (Lipinski definition) is 2. The third-order valence-electron chi connectivity index (χ3n) is 3.41. The summed E-state index contributed by atoms with van der Waals surface area (Å²) in [6.45, 7) is 5.67. The molecule has 23 heavy (non-hydrogen) atoms. The summed E-state index contributed by atoms with van der Waals surface area (Å²) in [6, 6.07) is 10.4. The monoisotopic (exact) mass is 319 g/mol. The van der Waals surface area contributed by atoms with Crippen LogP contribution in [0.5, 0.6) is 5.75 Å². The van der Waals surface area contributed by atoms with E-state index in [-0.39, 0.29) is 5.75 Å². The lowest BCUT2D eigenvalue weighted by molar-refractivity contribution is -0.122. The summed E-state index contributed by atoms with van der Waals surface area (Å²) in [7, 11) is 0. The van der Waals surface area contributed by atoms with Gasteiger partial charge in [-0.2, -0.15) is 0 Å². The molecule has 0 saturated carbocycles. The second kappa shape index (κ2) is 7.22.